The highest BCUT2D eigenvalue weighted by Crippen LogP contribution is 2.24. The Balaban J connectivity index is 1.88. The minimum Gasteiger partial charge on any atom is -0.381 e. The Kier molecular flexibility index (Phi) is 3.47. The van der Waals surface area contributed by atoms with Gasteiger partial charge in [0.2, 0.25) is 0 Å². The van der Waals surface area contributed by atoms with Crippen molar-refractivity contribution in [3.8, 4) is 0 Å². The lowest BCUT2D eigenvalue weighted by atomic mass is 10.2. The van der Waals surface area contributed by atoms with Crippen molar-refractivity contribution in [3.05, 3.63) is 11.6 Å². The summed E-state index contributed by atoms with van der Waals surface area (Å²) in [4.78, 5) is 4.44. The summed E-state index contributed by atoms with van der Waals surface area (Å²) in [5.41, 5.74) is 5.66. The van der Waals surface area contributed by atoms with Crippen LogP contribution in [0, 0.1) is 0 Å². The number of rotatable bonds is 4. The lowest BCUT2D eigenvalue weighted by Gasteiger charge is -2.11. The molecule has 3 N–H and O–H groups in total. The van der Waals surface area contributed by atoms with E-state index in [1.807, 2.05) is 0 Å². The molecule has 0 aromatic carbocycles. The number of aromatic nitrogens is 2. The van der Waals surface area contributed by atoms with Crippen LogP contribution >= 0.6 is 11.3 Å². The van der Waals surface area contributed by atoms with E-state index in [-0.39, 0.29) is 23.1 Å². The Hall–Kier alpha value is -1.17. The van der Waals surface area contributed by atoms with Gasteiger partial charge in [0.05, 0.1) is 11.0 Å². The van der Waals surface area contributed by atoms with Crippen LogP contribution in [0.4, 0.5) is 5.82 Å². The fourth-order valence-corrected chi connectivity index (χ4v) is 6.34. The Labute approximate surface area is 126 Å². The molecule has 0 saturated carbocycles. The zero-order valence-corrected chi connectivity index (χ0v) is 13.3. The number of nitrogens with one attached hydrogen (secondary N) is 1. The summed E-state index contributed by atoms with van der Waals surface area (Å²) in [6, 6.07) is 0. The van der Waals surface area contributed by atoms with Crippen LogP contribution in [0.5, 0.6) is 0 Å². The molecule has 8 nitrogen and oxygen atoms in total. The SMILES string of the molecule is Nc1nc2sccn2c1S(=O)(=O)NCC1CCCS1(=O)=O. The number of imidazole rings is 1. The summed E-state index contributed by atoms with van der Waals surface area (Å²) in [7, 11) is -7.11. The molecule has 0 aliphatic carbocycles. The maximum absolute atomic E-state index is 12.4. The van der Waals surface area contributed by atoms with Crippen LogP contribution in [-0.4, -0.2) is 43.8 Å². The molecular formula is C10H14N4O4S3. The molecule has 3 rings (SSSR count). The van der Waals surface area contributed by atoms with Crippen LogP contribution in [0.3, 0.4) is 0 Å². The average molecular weight is 350 g/mol. The highest BCUT2D eigenvalue weighted by molar-refractivity contribution is 7.92. The van der Waals surface area contributed by atoms with Crippen LogP contribution in [0.15, 0.2) is 16.6 Å². The molecule has 1 aliphatic rings. The Morgan fingerprint density at radius 3 is 2.95 bits per heavy atom. The van der Waals surface area contributed by atoms with Gasteiger partial charge in [-0.25, -0.2) is 26.5 Å². The zero-order chi connectivity index (χ0) is 15.3. The van der Waals surface area contributed by atoms with Gasteiger partial charge in [-0.2, -0.15) is 0 Å². The number of thiazole rings is 1. The first kappa shape index (κ1) is 14.8. The second-order valence-corrected chi connectivity index (χ2v) is 9.80. The second kappa shape index (κ2) is 4.93. The molecule has 0 radical (unpaired) electrons. The summed E-state index contributed by atoms with van der Waals surface area (Å²) in [6.45, 7) is -0.137. The van der Waals surface area contributed by atoms with E-state index in [9.17, 15) is 16.8 Å². The monoisotopic (exact) mass is 350 g/mol. The number of hydrogen-bond acceptors (Lipinski definition) is 7. The second-order valence-electron chi connectivity index (χ2n) is 4.84. The van der Waals surface area contributed by atoms with Crippen molar-refractivity contribution in [1.29, 1.82) is 0 Å². The molecule has 1 unspecified atom stereocenters. The molecule has 2 aromatic heterocycles. The molecule has 3 heterocycles. The maximum atomic E-state index is 12.4. The largest absolute Gasteiger partial charge is 0.381 e. The van der Waals surface area contributed by atoms with Gasteiger partial charge >= 0.3 is 0 Å². The van der Waals surface area contributed by atoms with Crippen molar-refractivity contribution in [3.63, 3.8) is 0 Å². The smallest absolute Gasteiger partial charge is 0.260 e. The topological polar surface area (TPSA) is 124 Å². The molecule has 1 fully saturated rings. The van der Waals surface area contributed by atoms with Gasteiger partial charge in [0.15, 0.2) is 25.6 Å². The van der Waals surface area contributed by atoms with E-state index in [1.165, 1.54) is 15.7 Å². The lowest BCUT2D eigenvalue weighted by Crippen LogP contribution is -2.35. The van der Waals surface area contributed by atoms with Gasteiger partial charge in [-0.05, 0) is 12.8 Å². The molecule has 1 saturated heterocycles. The molecule has 11 heteroatoms. The van der Waals surface area contributed by atoms with Crippen molar-refractivity contribution in [1.82, 2.24) is 14.1 Å². The van der Waals surface area contributed by atoms with Crippen LogP contribution < -0.4 is 10.5 Å². The first-order chi connectivity index (χ1) is 9.81. The minimum atomic E-state index is -3.91. The summed E-state index contributed by atoms with van der Waals surface area (Å²) < 4.78 is 51.9. The molecule has 0 spiro atoms. The van der Waals surface area contributed by atoms with E-state index >= 15 is 0 Å². The molecule has 116 valence electrons. The predicted octanol–water partition coefficient (Wildman–Crippen LogP) is -0.167. The van der Waals surface area contributed by atoms with Gasteiger partial charge in [0.1, 0.15) is 0 Å². The van der Waals surface area contributed by atoms with Gasteiger partial charge in [0.25, 0.3) is 10.0 Å². The van der Waals surface area contributed by atoms with Crippen LogP contribution in [0.25, 0.3) is 4.96 Å². The Morgan fingerprint density at radius 2 is 2.29 bits per heavy atom. The average Bonchev–Trinajstić information content (AvgIpc) is 3.00. The predicted molar refractivity (Wildman–Crippen MR) is 79.5 cm³/mol. The minimum absolute atomic E-state index is 0.0939. The third-order valence-electron chi connectivity index (χ3n) is 3.46. The molecular weight excluding hydrogens is 336 g/mol. The zero-order valence-electron chi connectivity index (χ0n) is 10.9. The Bertz CT molecular complexity index is 881. The van der Waals surface area contributed by atoms with Crippen LogP contribution in [0.2, 0.25) is 0 Å². The number of fused-ring (bicyclic) bond motifs is 1. The molecule has 0 amide bonds. The van der Waals surface area contributed by atoms with Gasteiger partial charge in [-0.3, -0.25) is 4.40 Å². The van der Waals surface area contributed by atoms with Crippen LogP contribution in [-0.2, 0) is 19.9 Å². The molecule has 21 heavy (non-hydrogen) atoms. The third-order valence-corrected chi connectivity index (χ3v) is 7.96. The van der Waals surface area contributed by atoms with E-state index in [4.69, 9.17) is 5.73 Å². The first-order valence-electron chi connectivity index (χ1n) is 6.23. The number of nitrogens with two attached hydrogens (primary N) is 1. The lowest BCUT2D eigenvalue weighted by molar-refractivity contribution is 0.568. The number of nitrogen functional groups attached to an aromatic ring is 1. The normalized spacial score (nSPS) is 22.0. The third kappa shape index (κ3) is 2.54. The van der Waals surface area contributed by atoms with E-state index in [0.717, 1.165) is 0 Å². The van der Waals surface area contributed by atoms with E-state index in [1.54, 1.807) is 11.6 Å². The van der Waals surface area contributed by atoms with E-state index in [2.05, 4.69) is 9.71 Å². The number of sulfone groups is 1. The molecule has 2 aromatic rings. The van der Waals surface area contributed by atoms with Crippen molar-refractivity contribution in [2.45, 2.75) is 23.1 Å². The van der Waals surface area contributed by atoms with E-state index in [0.29, 0.717) is 17.8 Å². The molecule has 1 aliphatic heterocycles. The van der Waals surface area contributed by atoms with Crippen LogP contribution in [0.1, 0.15) is 12.8 Å². The molecule has 1 atom stereocenters. The summed E-state index contributed by atoms with van der Waals surface area (Å²) in [5.74, 6) is 0.0202. The highest BCUT2D eigenvalue weighted by atomic mass is 32.2. The Morgan fingerprint density at radius 1 is 1.52 bits per heavy atom. The fourth-order valence-electron chi connectivity index (χ4n) is 2.41. The number of sulfonamides is 1. The fraction of sp³-hybridized carbons (Fsp3) is 0.500. The number of hydrogen-bond donors (Lipinski definition) is 2. The number of nitrogens with zero attached hydrogens (tertiary/aromatic N) is 2. The quantitative estimate of drug-likeness (QED) is 0.789. The van der Waals surface area contributed by atoms with Gasteiger partial charge < -0.3 is 5.73 Å². The summed E-state index contributed by atoms with van der Waals surface area (Å²) in [6.07, 6.45) is 2.60. The van der Waals surface area contributed by atoms with Crippen molar-refractivity contribution < 1.29 is 16.8 Å². The van der Waals surface area contributed by atoms with Crippen molar-refractivity contribution >= 4 is 42.0 Å². The van der Waals surface area contributed by atoms with Crippen molar-refractivity contribution in [2.24, 2.45) is 0 Å². The molecule has 0 bridgehead atoms. The maximum Gasteiger partial charge on any atom is 0.260 e. The number of anilines is 1. The first-order valence-corrected chi connectivity index (χ1v) is 10.3. The van der Waals surface area contributed by atoms with E-state index < -0.39 is 25.1 Å². The van der Waals surface area contributed by atoms with Crippen molar-refractivity contribution in [2.75, 3.05) is 18.0 Å². The van der Waals surface area contributed by atoms with Gasteiger partial charge in [-0.1, -0.05) is 0 Å². The summed E-state index contributed by atoms with van der Waals surface area (Å²) in [5, 5.41) is 0.885. The summed E-state index contributed by atoms with van der Waals surface area (Å²) >= 11 is 1.27. The van der Waals surface area contributed by atoms with Gasteiger partial charge in [0, 0.05) is 18.1 Å². The van der Waals surface area contributed by atoms with Gasteiger partial charge in [-0.15, -0.1) is 11.3 Å². The standard InChI is InChI=1S/C10H14N4O4S3/c11-8-9(14-3-4-19-10(14)13-8)21(17,18)12-6-7-2-1-5-20(7,15)16/h3-4,7,12H,1-2,5-6,11H2. The highest BCUT2D eigenvalue weighted by Gasteiger charge is 2.33.